The summed E-state index contributed by atoms with van der Waals surface area (Å²) in [6, 6.07) is 2.10. The number of nitrogens with zero attached hydrogens (tertiary/aromatic N) is 3. The molecule has 130 valence electrons. The molecule has 2 aromatic heterocycles. The number of aromatic amines is 1. The number of hydrogen-bond donors (Lipinski definition) is 2. The SMILES string of the molecule is Cc1cc([C@@H]2CCCN(CC(=O)NCc3c(C)noc3C)C2)n[nH]1. The second-order valence-electron chi connectivity index (χ2n) is 6.63. The molecule has 0 unspecified atom stereocenters. The van der Waals surface area contributed by atoms with Crippen molar-refractivity contribution in [1.29, 1.82) is 0 Å². The topological polar surface area (TPSA) is 87.1 Å². The zero-order valence-electron chi connectivity index (χ0n) is 14.6. The third-order valence-corrected chi connectivity index (χ3v) is 4.66. The van der Waals surface area contributed by atoms with Crippen molar-refractivity contribution in [3.8, 4) is 0 Å². The first-order valence-corrected chi connectivity index (χ1v) is 8.45. The molecule has 0 saturated carbocycles. The van der Waals surface area contributed by atoms with E-state index in [1.54, 1.807) is 0 Å². The second-order valence-corrected chi connectivity index (χ2v) is 6.63. The Morgan fingerprint density at radius 2 is 2.29 bits per heavy atom. The van der Waals surface area contributed by atoms with E-state index in [1.165, 1.54) is 0 Å². The van der Waals surface area contributed by atoms with Crippen LogP contribution in [0.25, 0.3) is 0 Å². The summed E-state index contributed by atoms with van der Waals surface area (Å²) in [6.07, 6.45) is 2.22. The van der Waals surface area contributed by atoms with Gasteiger partial charge in [-0.2, -0.15) is 5.10 Å². The van der Waals surface area contributed by atoms with E-state index in [4.69, 9.17) is 4.52 Å². The Labute approximate surface area is 141 Å². The first-order valence-electron chi connectivity index (χ1n) is 8.45. The fraction of sp³-hybridized carbons (Fsp3) is 0.588. The highest BCUT2D eigenvalue weighted by molar-refractivity contribution is 5.78. The van der Waals surface area contributed by atoms with Gasteiger partial charge in [-0.1, -0.05) is 5.16 Å². The molecule has 24 heavy (non-hydrogen) atoms. The fourth-order valence-electron chi connectivity index (χ4n) is 3.29. The molecule has 0 spiro atoms. The van der Waals surface area contributed by atoms with Gasteiger partial charge in [0.25, 0.3) is 0 Å². The van der Waals surface area contributed by atoms with E-state index in [1.807, 2.05) is 20.8 Å². The monoisotopic (exact) mass is 331 g/mol. The summed E-state index contributed by atoms with van der Waals surface area (Å²) >= 11 is 0. The normalized spacial score (nSPS) is 18.7. The van der Waals surface area contributed by atoms with E-state index in [-0.39, 0.29) is 5.91 Å². The maximum absolute atomic E-state index is 12.3. The molecule has 1 amide bonds. The van der Waals surface area contributed by atoms with Gasteiger partial charge in [0.1, 0.15) is 5.76 Å². The van der Waals surface area contributed by atoms with E-state index < -0.39 is 0 Å². The van der Waals surface area contributed by atoms with Crippen molar-refractivity contribution >= 4 is 5.91 Å². The van der Waals surface area contributed by atoms with Gasteiger partial charge in [-0.25, -0.2) is 0 Å². The Bertz CT molecular complexity index is 686. The molecule has 1 saturated heterocycles. The fourth-order valence-corrected chi connectivity index (χ4v) is 3.29. The van der Waals surface area contributed by atoms with Crippen molar-refractivity contribution in [2.24, 2.45) is 0 Å². The molecule has 2 aromatic rings. The van der Waals surface area contributed by atoms with E-state index in [2.05, 4.69) is 31.6 Å². The summed E-state index contributed by atoms with van der Waals surface area (Å²) in [7, 11) is 0. The van der Waals surface area contributed by atoms with Crippen LogP contribution in [-0.4, -0.2) is 45.8 Å². The highest BCUT2D eigenvalue weighted by Crippen LogP contribution is 2.25. The minimum absolute atomic E-state index is 0.0360. The molecule has 1 aliphatic heterocycles. The van der Waals surface area contributed by atoms with E-state index in [9.17, 15) is 4.79 Å². The number of nitrogens with one attached hydrogen (secondary N) is 2. The number of aromatic nitrogens is 3. The van der Waals surface area contributed by atoms with Crippen molar-refractivity contribution in [2.75, 3.05) is 19.6 Å². The van der Waals surface area contributed by atoms with Crippen LogP contribution in [-0.2, 0) is 11.3 Å². The summed E-state index contributed by atoms with van der Waals surface area (Å²) < 4.78 is 5.12. The number of rotatable bonds is 5. The Balaban J connectivity index is 1.51. The smallest absolute Gasteiger partial charge is 0.234 e. The number of aryl methyl sites for hydroxylation is 3. The van der Waals surface area contributed by atoms with Crippen LogP contribution in [0.15, 0.2) is 10.6 Å². The van der Waals surface area contributed by atoms with Gasteiger partial charge in [0, 0.05) is 30.3 Å². The standard InChI is InChI=1S/C17H25N5O2/c1-11-7-16(20-19-11)14-5-4-6-22(9-14)10-17(23)18-8-15-12(2)21-24-13(15)3/h7,14H,4-6,8-10H2,1-3H3,(H,18,23)(H,19,20)/t14-/m1/s1. The van der Waals surface area contributed by atoms with Gasteiger partial charge in [0.05, 0.1) is 17.9 Å². The Morgan fingerprint density at radius 1 is 1.46 bits per heavy atom. The minimum Gasteiger partial charge on any atom is -0.361 e. The lowest BCUT2D eigenvalue weighted by molar-refractivity contribution is -0.122. The quantitative estimate of drug-likeness (QED) is 0.872. The predicted molar refractivity (Wildman–Crippen MR) is 89.6 cm³/mol. The molecule has 1 aliphatic rings. The largest absolute Gasteiger partial charge is 0.361 e. The average Bonchev–Trinajstić information content (AvgIpc) is 3.12. The van der Waals surface area contributed by atoms with Crippen LogP contribution in [0.1, 0.15) is 47.2 Å². The number of piperidine rings is 1. The first kappa shape index (κ1) is 16.7. The maximum Gasteiger partial charge on any atom is 0.234 e. The van der Waals surface area contributed by atoms with E-state index in [0.29, 0.717) is 19.0 Å². The molecule has 7 heteroatoms. The summed E-state index contributed by atoms with van der Waals surface area (Å²) in [5.41, 5.74) is 3.99. The average molecular weight is 331 g/mol. The minimum atomic E-state index is 0.0360. The molecule has 0 aromatic carbocycles. The molecule has 0 aliphatic carbocycles. The molecule has 3 rings (SSSR count). The lowest BCUT2D eigenvalue weighted by Gasteiger charge is -2.31. The lowest BCUT2D eigenvalue weighted by atomic mass is 9.94. The molecule has 1 atom stereocenters. The van der Waals surface area contributed by atoms with Crippen molar-refractivity contribution in [3.05, 3.63) is 34.5 Å². The number of hydrogen-bond acceptors (Lipinski definition) is 5. The number of carbonyl (C=O) groups is 1. The number of amides is 1. The van der Waals surface area contributed by atoms with Crippen LogP contribution in [0.3, 0.4) is 0 Å². The third-order valence-electron chi connectivity index (χ3n) is 4.66. The highest BCUT2D eigenvalue weighted by Gasteiger charge is 2.24. The molecule has 3 heterocycles. The number of H-pyrrole nitrogens is 1. The van der Waals surface area contributed by atoms with Crippen LogP contribution in [0.4, 0.5) is 0 Å². The molecule has 1 fully saturated rings. The summed E-state index contributed by atoms with van der Waals surface area (Å²) in [6.45, 7) is 8.49. The Hall–Kier alpha value is -2.15. The van der Waals surface area contributed by atoms with E-state index in [0.717, 1.165) is 54.3 Å². The number of likely N-dealkylation sites (tertiary alicyclic amines) is 1. The van der Waals surface area contributed by atoms with Gasteiger partial charge in [-0.3, -0.25) is 14.8 Å². The van der Waals surface area contributed by atoms with Gasteiger partial charge in [0.15, 0.2) is 0 Å². The predicted octanol–water partition coefficient (Wildman–Crippen LogP) is 1.82. The van der Waals surface area contributed by atoms with Crippen LogP contribution in [0.5, 0.6) is 0 Å². The lowest BCUT2D eigenvalue weighted by Crippen LogP contribution is -2.42. The van der Waals surface area contributed by atoms with Crippen LogP contribution < -0.4 is 5.32 Å². The van der Waals surface area contributed by atoms with Gasteiger partial charge < -0.3 is 9.84 Å². The summed E-state index contributed by atoms with van der Waals surface area (Å²) in [5, 5.41) is 14.3. The zero-order chi connectivity index (χ0) is 17.1. The van der Waals surface area contributed by atoms with Crippen LogP contribution in [0.2, 0.25) is 0 Å². The second kappa shape index (κ2) is 7.17. The Kier molecular flexibility index (Phi) is 4.99. The number of carbonyl (C=O) groups excluding carboxylic acids is 1. The molecule has 0 bridgehead atoms. The third kappa shape index (κ3) is 3.84. The van der Waals surface area contributed by atoms with Crippen LogP contribution in [0, 0.1) is 20.8 Å². The van der Waals surface area contributed by atoms with Crippen molar-refractivity contribution in [2.45, 2.75) is 46.1 Å². The highest BCUT2D eigenvalue weighted by atomic mass is 16.5. The molecular formula is C17H25N5O2. The maximum atomic E-state index is 12.3. The van der Waals surface area contributed by atoms with Crippen LogP contribution >= 0.6 is 0 Å². The molecule has 7 nitrogen and oxygen atoms in total. The van der Waals surface area contributed by atoms with E-state index >= 15 is 0 Å². The van der Waals surface area contributed by atoms with Crippen molar-refractivity contribution < 1.29 is 9.32 Å². The zero-order valence-corrected chi connectivity index (χ0v) is 14.6. The van der Waals surface area contributed by atoms with Crippen molar-refractivity contribution in [1.82, 2.24) is 25.6 Å². The molecule has 0 radical (unpaired) electrons. The molecular weight excluding hydrogens is 306 g/mol. The van der Waals surface area contributed by atoms with Gasteiger partial charge in [-0.15, -0.1) is 0 Å². The van der Waals surface area contributed by atoms with Gasteiger partial charge in [-0.05, 0) is 46.2 Å². The van der Waals surface area contributed by atoms with Gasteiger partial charge in [0.2, 0.25) is 5.91 Å². The first-order chi connectivity index (χ1) is 11.5. The van der Waals surface area contributed by atoms with Gasteiger partial charge >= 0.3 is 0 Å². The summed E-state index contributed by atoms with van der Waals surface area (Å²) in [4.78, 5) is 14.5. The summed E-state index contributed by atoms with van der Waals surface area (Å²) in [5.74, 6) is 1.20. The molecule has 2 N–H and O–H groups in total. The van der Waals surface area contributed by atoms with Crippen molar-refractivity contribution in [3.63, 3.8) is 0 Å². The Morgan fingerprint density at radius 3 is 2.96 bits per heavy atom.